The molecule has 1 amide bonds. The third-order valence-corrected chi connectivity index (χ3v) is 7.02. The van der Waals surface area contributed by atoms with Gasteiger partial charge in [-0.05, 0) is 60.2 Å². The molecule has 158 valence electrons. The van der Waals surface area contributed by atoms with Crippen LogP contribution in [0.3, 0.4) is 0 Å². The molecule has 3 aromatic rings. The number of carbonyl (C=O) groups is 1. The van der Waals surface area contributed by atoms with Crippen LogP contribution in [0.2, 0.25) is 0 Å². The average Bonchev–Trinajstić information content (AvgIpc) is 3.15. The van der Waals surface area contributed by atoms with Crippen LogP contribution in [0.25, 0.3) is 5.69 Å². The van der Waals surface area contributed by atoms with Crippen molar-refractivity contribution < 1.29 is 13.2 Å². The molecule has 0 radical (unpaired) electrons. The first-order chi connectivity index (χ1) is 14.2. The van der Waals surface area contributed by atoms with E-state index in [0.29, 0.717) is 10.8 Å². The van der Waals surface area contributed by atoms with Crippen LogP contribution in [-0.4, -0.2) is 58.7 Å². The molecule has 11 heteroatoms. The second kappa shape index (κ2) is 8.94. The van der Waals surface area contributed by atoms with E-state index < -0.39 is 10.0 Å². The van der Waals surface area contributed by atoms with Crippen LogP contribution >= 0.6 is 11.8 Å². The minimum Gasteiger partial charge on any atom is -0.325 e. The van der Waals surface area contributed by atoms with Gasteiger partial charge >= 0.3 is 0 Å². The summed E-state index contributed by atoms with van der Waals surface area (Å²) in [5.41, 5.74) is 3.53. The van der Waals surface area contributed by atoms with Crippen molar-refractivity contribution in [1.29, 1.82) is 0 Å². The first-order valence-electron chi connectivity index (χ1n) is 9.00. The Kier molecular flexibility index (Phi) is 6.54. The number of tetrazole rings is 1. The average molecular weight is 447 g/mol. The summed E-state index contributed by atoms with van der Waals surface area (Å²) in [6, 6.07) is 12.0. The first kappa shape index (κ1) is 21.9. The third kappa shape index (κ3) is 4.86. The largest absolute Gasteiger partial charge is 0.325 e. The molecule has 0 saturated heterocycles. The van der Waals surface area contributed by atoms with Crippen LogP contribution in [0.15, 0.2) is 52.5 Å². The van der Waals surface area contributed by atoms with Crippen molar-refractivity contribution in [3.63, 3.8) is 0 Å². The molecule has 0 saturated carbocycles. The van der Waals surface area contributed by atoms with Crippen LogP contribution in [0.5, 0.6) is 0 Å². The van der Waals surface area contributed by atoms with E-state index >= 15 is 0 Å². The van der Waals surface area contributed by atoms with Gasteiger partial charge in [0.25, 0.3) is 0 Å². The normalized spacial score (nSPS) is 11.6. The van der Waals surface area contributed by atoms with Crippen molar-refractivity contribution in [2.75, 3.05) is 25.2 Å². The van der Waals surface area contributed by atoms with Crippen molar-refractivity contribution >= 4 is 33.4 Å². The second-order valence-corrected chi connectivity index (χ2v) is 9.91. The van der Waals surface area contributed by atoms with Gasteiger partial charge in [-0.3, -0.25) is 4.79 Å². The molecule has 0 aliphatic carbocycles. The van der Waals surface area contributed by atoms with E-state index in [2.05, 4.69) is 20.8 Å². The first-order valence-corrected chi connectivity index (χ1v) is 11.4. The van der Waals surface area contributed by atoms with Gasteiger partial charge in [0, 0.05) is 19.8 Å². The minimum absolute atomic E-state index is 0.100. The van der Waals surface area contributed by atoms with Crippen LogP contribution in [0.4, 0.5) is 5.69 Å². The SMILES string of the molecule is Cc1ccc(-n2nnnc2SCC(=O)Nc2ccc(S(=O)(=O)N(C)C)cc2)c(C)c1. The number of sulfonamides is 1. The Hall–Kier alpha value is -2.76. The zero-order valence-electron chi connectivity index (χ0n) is 17.0. The smallest absolute Gasteiger partial charge is 0.242 e. The summed E-state index contributed by atoms with van der Waals surface area (Å²) in [4.78, 5) is 12.5. The maximum absolute atomic E-state index is 12.3. The van der Waals surface area contributed by atoms with Crippen LogP contribution in [-0.2, 0) is 14.8 Å². The van der Waals surface area contributed by atoms with Gasteiger partial charge in [0.1, 0.15) is 0 Å². The molecule has 0 bridgehead atoms. The number of hydrogen-bond donors (Lipinski definition) is 1. The number of aryl methyl sites for hydroxylation is 2. The van der Waals surface area contributed by atoms with Crippen molar-refractivity contribution in [3.8, 4) is 5.69 Å². The predicted octanol–water partition coefficient (Wildman–Crippen LogP) is 2.26. The van der Waals surface area contributed by atoms with Crippen LogP contribution in [0, 0.1) is 13.8 Å². The lowest BCUT2D eigenvalue weighted by Crippen LogP contribution is -2.22. The van der Waals surface area contributed by atoms with E-state index in [4.69, 9.17) is 0 Å². The van der Waals surface area contributed by atoms with Gasteiger partial charge in [0.2, 0.25) is 21.1 Å². The number of amides is 1. The monoisotopic (exact) mass is 446 g/mol. The highest BCUT2D eigenvalue weighted by atomic mass is 32.2. The quantitative estimate of drug-likeness (QED) is 0.554. The van der Waals surface area contributed by atoms with Crippen LogP contribution in [0.1, 0.15) is 11.1 Å². The number of hydrogen-bond acceptors (Lipinski definition) is 7. The summed E-state index contributed by atoms with van der Waals surface area (Å²) in [6.45, 7) is 3.99. The van der Waals surface area contributed by atoms with E-state index in [1.807, 2.05) is 32.0 Å². The van der Waals surface area contributed by atoms with Crippen molar-refractivity contribution in [2.45, 2.75) is 23.9 Å². The Morgan fingerprint density at radius 3 is 2.47 bits per heavy atom. The van der Waals surface area contributed by atoms with Gasteiger partial charge in [-0.15, -0.1) is 5.10 Å². The molecule has 2 aromatic carbocycles. The Morgan fingerprint density at radius 2 is 1.83 bits per heavy atom. The highest BCUT2D eigenvalue weighted by Crippen LogP contribution is 2.22. The van der Waals surface area contributed by atoms with Gasteiger partial charge in [0.05, 0.1) is 16.3 Å². The lowest BCUT2D eigenvalue weighted by Gasteiger charge is -2.12. The molecule has 0 aliphatic heterocycles. The van der Waals surface area contributed by atoms with Gasteiger partial charge in [0.15, 0.2) is 0 Å². The number of thioether (sulfide) groups is 1. The fourth-order valence-electron chi connectivity index (χ4n) is 2.71. The number of benzene rings is 2. The summed E-state index contributed by atoms with van der Waals surface area (Å²) in [5, 5.41) is 15.0. The van der Waals surface area contributed by atoms with E-state index in [0.717, 1.165) is 21.1 Å². The molecule has 1 N–H and O–H groups in total. The standard InChI is InChI=1S/C19H22N6O3S2/c1-13-5-10-17(14(2)11-13)25-19(21-22-23-25)29-12-18(26)20-15-6-8-16(9-7-15)30(27,28)24(3)4/h5-11H,12H2,1-4H3,(H,20,26). The highest BCUT2D eigenvalue weighted by Gasteiger charge is 2.17. The number of anilines is 1. The number of rotatable bonds is 7. The minimum atomic E-state index is -3.51. The zero-order valence-corrected chi connectivity index (χ0v) is 18.7. The van der Waals surface area contributed by atoms with Gasteiger partial charge in [-0.2, -0.15) is 4.68 Å². The summed E-state index contributed by atoms with van der Waals surface area (Å²) < 4.78 is 27.0. The van der Waals surface area contributed by atoms with E-state index in [9.17, 15) is 13.2 Å². The van der Waals surface area contributed by atoms with Crippen molar-refractivity contribution in [2.24, 2.45) is 0 Å². The zero-order chi connectivity index (χ0) is 21.9. The summed E-state index contributed by atoms with van der Waals surface area (Å²) in [5.74, 6) is -0.151. The summed E-state index contributed by atoms with van der Waals surface area (Å²) in [6.07, 6.45) is 0. The van der Waals surface area contributed by atoms with Crippen LogP contribution < -0.4 is 5.32 Å². The summed E-state index contributed by atoms with van der Waals surface area (Å²) in [7, 11) is -0.575. The van der Waals surface area contributed by atoms with E-state index in [1.165, 1.54) is 38.0 Å². The fourth-order valence-corrected chi connectivity index (χ4v) is 4.30. The lowest BCUT2D eigenvalue weighted by atomic mass is 10.1. The predicted molar refractivity (Wildman–Crippen MR) is 115 cm³/mol. The van der Waals surface area contributed by atoms with E-state index in [-0.39, 0.29) is 16.6 Å². The molecule has 1 heterocycles. The fraction of sp³-hybridized carbons (Fsp3) is 0.263. The molecule has 0 aliphatic rings. The Balaban J connectivity index is 1.64. The molecule has 9 nitrogen and oxygen atoms in total. The molecule has 0 spiro atoms. The molecule has 0 unspecified atom stereocenters. The molecule has 3 rings (SSSR count). The van der Waals surface area contributed by atoms with Gasteiger partial charge < -0.3 is 5.32 Å². The number of nitrogens with zero attached hydrogens (tertiary/aromatic N) is 5. The van der Waals surface area contributed by atoms with Crippen molar-refractivity contribution in [3.05, 3.63) is 53.6 Å². The molecular weight excluding hydrogens is 424 g/mol. The van der Waals surface area contributed by atoms with Crippen molar-refractivity contribution in [1.82, 2.24) is 24.5 Å². The Morgan fingerprint density at radius 1 is 1.13 bits per heavy atom. The number of nitrogens with one attached hydrogen (secondary N) is 1. The second-order valence-electron chi connectivity index (χ2n) is 6.81. The molecule has 0 fully saturated rings. The number of carbonyl (C=O) groups excluding carboxylic acids is 1. The molecule has 30 heavy (non-hydrogen) atoms. The number of aromatic nitrogens is 4. The summed E-state index contributed by atoms with van der Waals surface area (Å²) >= 11 is 1.21. The maximum Gasteiger partial charge on any atom is 0.242 e. The third-order valence-electron chi connectivity index (χ3n) is 4.27. The highest BCUT2D eigenvalue weighted by molar-refractivity contribution is 7.99. The van der Waals surface area contributed by atoms with Gasteiger partial charge in [-0.25, -0.2) is 12.7 Å². The maximum atomic E-state index is 12.3. The van der Waals surface area contributed by atoms with E-state index in [1.54, 1.807) is 16.8 Å². The Labute approximate surface area is 179 Å². The lowest BCUT2D eigenvalue weighted by molar-refractivity contribution is -0.113. The van der Waals surface area contributed by atoms with Gasteiger partial charge in [-0.1, -0.05) is 29.5 Å². The topological polar surface area (TPSA) is 110 Å². The molecular formula is C19H22N6O3S2. The Bertz CT molecular complexity index is 1160. The molecule has 1 aromatic heterocycles. The molecule has 0 atom stereocenters.